The molecule has 1 aliphatic rings. The van der Waals surface area contributed by atoms with Gasteiger partial charge in [-0.2, -0.15) is 0 Å². The molecule has 6 nitrogen and oxygen atoms in total. The summed E-state index contributed by atoms with van der Waals surface area (Å²) in [5.74, 6) is 0. The highest BCUT2D eigenvalue weighted by atomic mass is 35.5. The van der Waals surface area contributed by atoms with Gasteiger partial charge in [-0.15, -0.1) is 0 Å². The summed E-state index contributed by atoms with van der Waals surface area (Å²) in [6.07, 6.45) is 2.70. The molecule has 3 rings (SSSR count). The van der Waals surface area contributed by atoms with E-state index in [0.29, 0.717) is 16.1 Å². The first-order valence-electron chi connectivity index (χ1n) is 9.90. The van der Waals surface area contributed by atoms with Crippen molar-refractivity contribution in [1.29, 1.82) is 0 Å². The molecule has 1 amide bonds. The van der Waals surface area contributed by atoms with Gasteiger partial charge in [-0.3, -0.25) is 0 Å². The molecule has 0 radical (unpaired) electrons. The maximum atomic E-state index is 12.3. The maximum Gasteiger partial charge on any atom is 0.492 e. The van der Waals surface area contributed by atoms with Crippen LogP contribution in [-0.4, -0.2) is 35.9 Å². The summed E-state index contributed by atoms with van der Waals surface area (Å²) >= 11 is 12.5. The van der Waals surface area contributed by atoms with Gasteiger partial charge in [0.15, 0.2) is 0 Å². The van der Waals surface area contributed by atoms with E-state index in [2.05, 4.69) is 10.3 Å². The molecule has 1 aromatic heterocycles. The Bertz CT molecular complexity index is 931. The lowest BCUT2D eigenvalue weighted by atomic mass is 9.77. The fraction of sp³-hybridized carbons (Fsp3) is 0.364. The number of carbonyl (C=O) groups is 1. The molecule has 0 saturated carbocycles. The van der Waals surface area contributed by atoms with Crippen molar-refractivity contribution in [3.8, 4) is 0 Å². The molecular formula is C22H25BCl2N2O4. The lowest BCUT2D eigenvalue weighted by Crippen LogP contribution is -2.41. The molecule has 0 spiro atoms. The van der Waals surface area contributed by atoms with Crippen molar-refractivity contribution in [2.24, 2.45) is 0 Å². The molecule has 0 bridgehead atoms. The third-order valence-electron chi connectivity index (χ3n) is 5.42. The van der Waals surface area contributed by atoms with E-state index in [1.807, 2.05) is 58.0 Å². The Hall–Kier alpha value is -2.06. The van der Waals surface area contributed by atoms with Gasteiger partial charge < -0.3 is 19.4 Å². The summed E-state index contributed by atoms with van der Waals surface area (Å²) < 4.78 is 17.6. The Morgan fingerprint density at radius 3 is 2.39 bits per heavy atom. The number of ether oxygens (including phenoxy) is 1. The first-order valence-corrected chi connectivity index (χ1v) is 10.7. The van der Waals surface area contributed by atoms with Crippen molar-refractivity contribution in [1.82, 2.24) is 10.3 Å². The number of halogens is 2. The zero-order chi connectivity index (χ0) is 22.6. The number of hydrogen-bond donors (Lipinski definition) is 1. The van der Waals surface area contributed by atoms with Crippen LogP contribution in [0.5, 0.6) is 0 Å². The number of hydrogen-bond acceptors (Lipinski definition) is 5. The van der Waals surface area contributed by atoms with E-state index < -0.39 is 24.4 Å². The lowest BCUT2D eigenvalue weighted by Gasteiger charge is -2.32. The standard InChI is InChI=1S/C22H25BCl2N2O4/c1-21(2)22(3,4)31-23(30-21)16(12-17-18(24)10-11-26-19(17)25)13-27-20(28)29-14-15-8-6-5-7-9-15/h5-12H,13-14H2,1-4H3,(H,27,28). The number of nitrogens with one attached hydrogen (secondary N) is 1. The third-order valence-corrected chi connectivity index (χ3v) is 6.05. The average molecular weight is 463 g/mol. The van der Waals surface area contributed by atoms with E-state index in [1.165, 1.54) is 6.20 Å². The van der Waals surface area contributed by atoms with Gasteiger partial charge in [0.25, 0.3) is 0 Å². The number of amides is 1. The third kappa shape index (κ3) is 5.80. The molecule has 1 saturated heterocycles. The van der Waals surface area contributed by atoms with Gasteiger partial charge in [-0.25, -0.2) is 9.78 Å². The summed E-state index contributed by atoms with van der Waals surface area (Å²) in [5.41, 5.74) is 0.954. The Labute approximate surface area is 193 Å². The first kappa shape index (κ1) is 23.6. The Balaban J connectivity index is 1.77. The Morgan fingerprint density at radius 2 is 1.77 bits per heavy atom. The van der Waals surface area contributed by atoms with E-state index in [9.17, 15) is 4.79 Å². The fourth-order valence-corrected chi connectivity index (χ4v) is 3.35. The molecule has 31 heavy (non-hydrogen) atoms. The highest BCUT2D eigenvalue weighted by Crippen LogP contribution is 2.39. The van der Waals surface area contributed by atoms with Gasteiger partial charge in [0.1, 0.15) is 11.8 Å². The largest absolute Gasteiger partial charge is 0.492 e. The summed E-state index contributed by atoms with van der Waals surface area (Å²) in [4.78, 5) is 16.3. The predicted octanol–water partition coefficient (Wildman–Crippen LogP) is 5.33. The lowest BCUT2D eigenvalue weighted by molar-refractivity contribution is 0.00578. The molecule has 1 fully saturated rings. The van der Waals surface area contributed by atoms with Gasteiger partial charge in [0.05, 0.1) is 16.2 Å². The Kier molecular flexibility index (Phi) is 7.32. The average Bonchev–Trinajstić information content (AvgIpc) is 2.93. The molecular weight excluding hydrogens is 438 g/mol. The predicted molar refractivity (Wildman–Crippen MR) is 123 cm³/mol. The quantitative estimate of drug-likeness (QED) is 0.464. The second kappa shape index (κ2) is 9.61. The molecule has 2 heterocycles. The Morgan fingerprint density at radius 1 is 1.13 bits per heavy atom. The second-order valence-corrected chi connectivity index (χ2v) is 8.99. The molecule has 164 valence electrons. The number of aromatic nitrogens is 1. The molecule has 0 aliphatic carbocycles. The smallest absolute Gasteiger partial charge is 0.445 e. The van der Waals surface area contributed by atoms with Crippen molar-refractivity contribution in [2.75, 3.05) is 6.54 Å². The van der Waals surface area contributed by atoms with E-state index in [4.69, 9.17) is 37.2 Å². The first-order chi connectivity index (χ1) is 14.6. The van der Waals surface area contributed by atoms with Crippen molar-refractivity contribution in [3.05, 3.63) is 69.4 Å². The molecule has 1 aliphatic heterocycles. The van der Waals surface area contributed by atoms with Crippen LogP contribution in [0.3, 0.4) is 0 Å². The monoisotopic (exact) mass is 462 g/mol. The van der Waals surface area contributed by atoms with E-state index in [0.717, 1.165) is 5.56 Å². The number of carbonyl (C=O) groups excluding carboxylic acids is 1. The van der Waals surface area contributed by atoms with Gasteiger partial charge >= 0.3 is 13.2 Å². The van der Waals surface area contributed by atoms with Crippen molar-refractivity contribution < 1.29 is 18.8 Å². The molecule has 0 unspecified atom stereocenters. The number of rotatable bonds is 6. The van der Waals surface area contributed by atoms with Crippen LogP contribution in [0.4, 0.5) is 4.79 Å². The van der Waals surface area contributed by atoms with Crippen molar-refractivity contribution in [3.63, 3.8) is 0 Å². The summed E-state index contributed by atoms with van der Waals surface area (Å²) in [7, 11) is -0.702. The number of pyridine rings is 1. The van der Waals surface area contributed by atoms with Gasteiger partial charge in [-0.05, 0) is 44.8 Å². The van der Waals surface area contributed by atoms with Gasteiger partial charge in [0.2, 0.25) is 0 Å². The van der Waals surface area contributed by atoms with Crippen LogP contribution in [-0.2, 0) is 20.7 Å². The zero-order valence-corrected chi connectivity index (χ0v) is 19.5. The van der Waals surface area contributed by atoms with E-state index in [-0.39, 0.29) is 18.3 Å². The number of benzene rings is 1. The summed E-state index contributed by atoms with van der Waals surface area (Å²) in [6.45, 7) is 8.10. The van der Waals surface area contributed by atoms with Crippen LogP contribution in [0.1, 0.15) is 38.8 Å². The SMILES string of the molecule is CC1(C)OB(C(=Cc2c(Cl)ccnc2Cl)CNC(=O)OCc2ccccc2)OC1(C)C. The fourth-order valence-electron chi connectivity index (χ4n) is 2.89. The van der Waals surface area contributed by atoms with Crippen LogP contribution in [0.15, 0.2) is 48.1 Å². The van der Waals surface area contributed by atoms with Gasteiger partial charge in [-0.1, -0.05) is 59.6 Å². The summed E-state index contributed by atoms with van der Waals surface area (Å²) in [5, 5.41) is 3.42. The van der Waals surface area contributed by atoms with Crippen LogP contribution < -0.4 is 5.32 Å². The highest BCUT2D eigenvalue weighted by Gasteiger charge is 2.52. The number of nitrogens with zero attached hydrogens (tertiary/aromatic N) is 1. The van der Waals surface area contributed by atoms with Crippen molar-refractivity contribution >= 4 is 42.5 Å². The van der Waals surface area contributed by atoms with E-state index in [1.54, 1.807) is 12.1 Å². The molecule has 0 atom stereocenters. The van der Waals surface area contributed by atoms with Crippen LogP contribution in [0.2, 0.25) is 10.2 Å². The maximum absolute atomic E-state index is 12.3. The van der Waals surface area contributed by atoms with Crippen molar-refractivity contribution in [2.45, 2.75) is 45.5 Å². The normalized spacial score (nSPS) is 17.5. The number of alkyl carbamates (subject to hydrolysis) is 1. The molecule has 2 aromatic rings. The minimum Gasteiger partial charge on any atom is -0.445 e. The van der Waals surface area contributed by atoms with Crippen LogP contribution in [0.25, 0.3) is 6.08 Å². The second-order valence-electron chi connectivity index (χ2n) is 8.22. The van der Waals surface area contributed by atoms with Crippen LogP contribution >= 0.6 is 23.2 Å². The molecule has 9 heteroatoms. The highest BCUT2D eigenvalue weighted by molar-refractivity contribution is 6.56. The minimum atomic E-state index is -0.702. The minimum absolute atomic E-state index is 0.117. The van der Waals surface area contributed by atoms with Crippen LogP contribution in [0, 0.1) is 0 Å². The zero-order valence-electron chi connectivity index (χ0n) is 17.9. The van der Waals surface area contributed by atoms with E-state index >= 15 is 0 Å². The topological polar surface area (TPSA) is 69.7 Å². The summed E-state index contributed by atoms with van der Waals surface area (Å²) in [6, 6.07) is 11.1. The molecule has 1 N–H and O–H groups in total. The molecule has 1 aromatic carbocycles. The van der Waals surface area contributed by atoms with Gasteiger partial charge in [0, 0.05) is 18.3 Å².